The van der Waals surface area contributed by atoms with Crippen LogP contribution in [0.15, 0.2) is 36.4 Å². The predicted octanol–water partition coefficient (Wildman–Crippen LogP) is 2.22. The first-order valence-electron chi connectivity index (χ1n) is 9.12. The number of sulfone groups is 1. The number of hydrogen-bond donors (Lipinski definition) is 1. The molecule has 0 aliphatic carbocycles. The highest BCUT2D eigenvalue weighted by Gasteiger charge is 2.28. The summed E-state index contributed by atoms with van der Waals surface area (Å²) in [5.41, 5.74) is 1.10. The van der Waals surface area contributed by atoms with Crippen molar-refractivity contribution in [3.8, 4) is 11.4 Å². The lowest BCUT2D eigenvalue weighted by Gasteiger charge is -2.19. The molecule has 1 aliphatic heterocycles. The third-order valence-corrected chi connectivity index (χ3v) is 6.38. The van der Waals surface area contributed by atoms with Gasteiger partial charge in [0.15, 0.2) is 15.7 Å². The molecule has 1 saturated heterocycles. The van der Waals surface area contributed by atoms with Gasteiger partial charge in [0, 0.05) is 30.8 Å². The topological polar surface area (TPSA) is 92.3 Å². The number of carbonyl (C=O) groups is 1. The number of aromatic nitrogens is 2. The number of amides is 1. The summed E-state index contributed by atoms with van der Waals surface area (Å²) in [7, 11) is -3.01. The Balaban J connectivity index is 1.97. The quantitative estimate of drug-likeness (QED) is 0.816. The number of nitrogens with zero attached hydrogens (tertiary/aromatic N) is 3. The van der Waals surface area contributed by atoms with Crippen LogP contribution in [0.3, 0.4) is 0 Å². The molecule has 144 valence electrons. The Morgan fingerprint density at radius 1 is 1.19 bits per heavy atom. The van der Waals surface area contributed by atoms with Gasteiger partial charge in [-0.2, -0.15) is 0 Å². The first kappa shape index (κ1) is 19.3. The molecule has 0 saturated carbocycles. The molecule has 0 radical (unpaired) electrons. The first-order chi connectivity index (χ1) is 12.9. The molecule has 27 heavy (non-hydrogen) atoms. The highest BCUT2D eigenvalue weighted by Crippen LogP contribution is 2.21. The molecule has 1 aromatic heterocycles. The second-order valence-corrected chi connectivity index (χ2v) is 8.78. The average Bonchev–Trinajstić information content (AvgIpc) is 3.01. The van der Waals surface area contributed by atoms with Crippen LogP contribution in [0.1, 0.15) is 30.8 Å². The second kappa shape index (κ2) is 8.04. The van der Waals surface area contributed by atoms with Gasteiger partial charge in [0.05, 0.1) is 11.5 Å². The Bertz CT molecular complexity index is 912. The summed E-state index contributed by atoms with van der Waals surface area (Å²) in [6, 6.07) is 10.8. The van der Waals surface area contributed by atoms with Crippen LogP contribution in [0.25, 0.3) is 11.4 Å². The van der Waals surface area contributed by atoms with Gasteiger partial charge < -0.3 is 10.2 Å². The summed E-state index contributed by atoms with van der Waals surface area (Å²) >= 11 is 0. The van der Waals surface area contributed by atoms with Crippen molar-refractivity contribution in [1.29, 1.82) is 0 Å². The smallest absolute Gasteiger partial charge is 0.272 e. The lowest BCUT2D eigenvalue weighted by Crippen LogP contribution is -2.31. The molecule has 1 N–H and O–H groups in total. The van der Waals surface area contributed by atoms with Crippen molar-refractivity contribution in [2.45, 2.75) is 26.3 Å². The highest BCUT2D eigenvalue weighted by molar-refractivity contribution is 7.91. The molecular weight excluding hydrogens is 364 g/mol. The van der Waals surface area contributed by atoms with Crippen LogP contribution in [0.4, 0.5) is 5.82 Å². The molecule has 1 unspecified atom stereocenters. The minimum atomic E-state index is -3.01. The average molecular weight is 388 g/mol. The number of rotatable bonds is 6. The fraction of sp³-hybridized carbons (Fsp3) is 0.421. The maximum absolute atomic E-state index is 12.8. The Labute approximate surface area is 159 Å². The number of hydrogen-bond acceptors (Lipinski definition) is 6. The van der Waals surface area contributed by atoms with Gasteiger partial charge in [-0.1, -0.05) is 30.3 Å². The number of benzene rings is 1. The van der Waals surface area contributed by atoms with E-state index in [2.05, 4.69) is 15.3 Å². The van der Waals surface area contributed by atoms with Gasteiger partial charge in [0.2, 0.25) is 0 Å². The van der Waals surface area contributed by atoms with E-state index < -0.39 is 9.84 Å². The van der Waals surface area contributed by atoms with E-state index in [1.165, 1.54) is 0 Å². The fourth-order valence-corrected chi connectivity index (χ4v) is 4.81. The zero-order valence-electron chi connectivity index (χ0n) is 15.6. The summed E-state index contributed by atoms with van der Waals surface area (Å²) < 4.78 is 23.5. The highest BCUT2D eigenvalue weighted by atomic mass is 32.2. The molecule has 1 fully saturated rings. The zero-order valence-corrected chi connectivity index (χ0v) is 16.4. The van der Waals surface area contributed by atoms with Crippen LogP contribution in [-0.4, -0.2) is 59.8 Å². The summed E-state index contributed by atoms with van der Waals surface area (Å²) in [6.45, 7) is 5.01. The Morgan fingerprint density at radius 2 is 1.89 bits per heavy atom. The van der Waals surface area contributed by atoms with Crippen molar-refractivity contribution in [3.63, 3.8) is 0 Å². The third kappa shape index (κ3) is 4.63. The molecule has 7 nitrogen and oxygen atoms in total. The molecule has 2 aromatic rings. The van der Waals surface area contributed by atoms with Gasteiger partial charge in [-0.3, -0.25) is 4.79 Å². The summed E-state index contributed by atoms with van der Waals surface area (Å²) in [5.74, 6) is 1.00. The summed E-state index contributed by atoms with van der Waals surface area (Å²) in [5, 5.41) is 3.18. The lowest BCUT2D eigenvalue weighted by atomic mass is 10.2. The van der Waals surface area contributed by atoms with Crippen LogP contribution < -0.4 is 5.32 Å². The standard InChI is InChI=1S/C19H24N4O3S/c1-3-23(4-2)19(24)16-12-17(20-15-10-11-27(25,26)13-15)22-18(21-16)14-8-6-5-7-9-14/h5-9,12,15H,3-4,10-11,13H2,1-2H3,(H,20,21,22). The second-order valence-electron chi connectivity index (χ2n) is 6.55. The van der Waals surface area contributed by atoms with E-state index in [0.717, 1.165) is 5.56 Å². The first-order valence-corrected chi connectivity index (χ1v) is 10.9. The summed E-state index contributed by atoms with van der Waals surface area (Å²) in [4.78, 5) is 23.5. The van der Waals surface area contributed by atoms with E-state index in [9.17, 15) is 13.2 Å². The Hall–Kier alpha value is -2.48. The van der Waals surface area contributed by atoms with Crippen molar-refractivity contribution in [1.82, 2.24) is 14.9 Å². The van der Waals surface area contributed by atoms with Crippen molar-refractivity contribution >= 4 is 21.6 Å². The van der Waals surface area contributed by atoms with E-state index in [0.29, 0.717) is 36.8 Å². The van der Waals surface area contributed by atoms with E-state index in [1.54, 1.807) is 11.0 Å². The van der Waals surface area contributed by atoms with Gasteiger partial charge in [0.25, 0.3) is 5.91 Å². The molecule has 8 heteroatoms. The van der Waals surface area contributed by atoms with Gasteiger partial charge >= 0.3 is 0 Å². The van der Waals surface area contributed by atoms with E-state index in [4.69, 9.17) is 0 Å². The Morgan fingerprint density at radius 3 is 2.48 bits per heavy atom. The largest absolute Gasteiger partial charge is 0.366 e. The molecule has 3 rings (SSSR count). The minimum absolute atomic E-state index is 0.0804. The van der Waals surface area contributed by atoms with Crippen molar-refractivity contribution in [2.75, 3.05) is 29.9 Å². The molecule has 1 atom stereocenters. The lowest BCUT2D eigenvalue weighted by molar-refractivity contribution is 0.0767. The van der Waals surface area contributed by atoms with Crippen LogP contribution in [-0.2, 0) is 9.84 Å². The number of anilines is 1. The molecular formula is C19H24N4O3S. The van der Waals surface area contributed by atoms with Crippen molar-refractivity contribution < 1.29 is 13.2 Å². The van der Waals surface area contributed by atoms with Crippen molar-refractivity contribution in [3.05, 3.63) is 42.1 Å². The predicted molar refractivity (Wildman–Crippen MR) is 105 cm³/mol. The van der Waals surface area contributed by atoms with E-state index in [1.807, 2.05) is 44.2 Å². The minimum Gasteiger partial charge on any atom is -0.366 e. The van der Waals surface area contributed by atoms with Crippen LogP contribution >= 0.6 is 0 Å². The Kier molecular flexibility index (Phi) is 5.74. The molecule has 2 heterocycles. The molecule has 1 aromatic carbocycles. The maximum Gasteiger partial charge on any atom is 0.272 e. The van der Waals surface area contributed by atoms with Gasteiger partial charge in [-0.15, -0.1) is 0 Å². The van der Waals surface area contributed by atoms with E-state index in [-0.39, 0.29) is 23.5 Å². The van der Waals surface area contributed by atoms with Gasteiger partial charge in [-0.05, 0) is 20.3 Å². The number of carbonyl (C=O) groups excluding carboxylic acids is 1. The van der Waals surface area contributed by atoms with Crippen molar-refractivity contribution in [2.24, 2.45) is 0 Å². The van der Waals surface area contributed by atoms with Crippen LogP contribution in [0.2, 0.25) is 0 Å². The fourth-order valence-electron chi connectivity index (χ4n) is 3.14. The SMILES string of the molecule is CCN(CC)C(=O)c1cc(NC2CCS(=O)(=O)C2)nc(-c2ccccc2)n1. The van der Waals surface area contributed by atoms with Gasteiger partial charge in [-0.25, -0.2) is 18.4 Å². The maximum atomic E-state index is 12.8. The molecule has 0 bridgehead atoms. The number of nitrogens with one attached hydrogen (secondary N) is 1. The van der Waals surface area contributed by atoms with E-state index >= 15 is 0 Å². The monoisotopic (exact) mass is 388 g/mol. The van der Waals surface area contributed by atoms with Gasteiger partial charge in [0.1, 0.15) is 11.5 Å². The zero-order chi connectivity index (χ0) is 19.4. The molecule has 0 spiro atoms. The van der Waals surface area contributed by atoms with Crippen LogP contribution in [0.5, 0.6) is 0 Å². The normalized spacial score (nSPS) is 18.2. The summed E-state index contributed by atoms with van der Waals surface area (Å²) in [6.07, 6.45) is 0.534. The third-order valence-electron chi connectivity index (χ3n) is 4.61. The van der Waals surface area contributed by atoms with Crippen LogP contribution in [0, 0.1) is 0 Å². The molecule has 1 amide bonds. The molecule has 1 aliphatic rings.